The van der Waals surface area contributed by atoms with Gasteiger partial charge in [-0.1, -0.05) is 17.7 Å². The number of rotatable bonds is 2. The van der Waals surface area contributed by atoms with Crippen molar-refractivity contribution in [3.8, 4) is 0 Å². The molecule has 0 saturated heterocycles. The van der Waals surface area contributed by atoms with Gasteiger partial charge < -0.3 is 11.1 Å². The van der Waals surface area contributed by atoms with Gasteiger partial charge in [-0.2, -0.15) is 0 Å². The average molecular weight is 276 g/mol. The maximum Gasteiger partial charge on any atom is 0.274 e. The first kappa shape index (κ1) is 13.4. The zero-order valence-electron chi connectivity index (χ0n) is 10.7. The molecule has 0 radical (unpaired) electrons. The summed E-state index contributed by atoms with van der Waals surface area (Å²) < 4.78 is 0. The van der Waals surface area contributed by atoms with Gasteiger partial charge in [-0.15, -0.1) is 0 Å². The number of carbonyl (C=O) groups excluding carboxylic acids is 1. The van der Waals surface area contributed by atoms with E-state index in [0.29, 0.717) is 22.1 Å². The quantitative estimate of drug-likeness (QED) is 0.827. The van der Waals surface area contributed by atoms with E-state index in [1.807, 2.05) is 19.9 Å². The Balaban J connectivity index is 2.24. The molecule has 0 atom stereocenters. The van der Waals surface area contributed by atoms with Crippen molar-refractivity contribution in [1.82, 2.24) is 4.98 Å². The molecule has 0 fully saturated rings. The Morgan fingerprint density at radius 1 is 1.26 bits per heavy atom. The number of anilines is 2. The van der Waals surface area contributed by atoms with Gasteiger partial charge in [-0.3, -0.25) is 4.79 Å². The number of benzene rings is 1. The van der Waals surface area contributed by atoms with Crippen LogP contribution in [-0.4, -0.2) is 10.9 Å². The molecule has 1 aromatic heterocycles. The highest BCUT2D eigenvalue weighted by Gasteiger charge is 2.10. The minimum Gasteiger partial charge on any atom is -0.398 e. The third-order valence-corrected chi connectivity index (χ3v) is 3.04. The number of amides is 1. The SMILES string of the molecule is Cc1cc(C)c(NC(=O)c2ccc(Cl)cn2)cc1N. The lowest BCUT2D eigenvalue weighted by atomic mass is 10.1. The maximum absolute atomic E-state index is 12.0. The van der Waals surface area contributed by atoms with Crippen molar-refractivity contribution in [3.63, 3.8) is 0 Å². The molecule has 4 nitrogen and oxygen atoms in total. The topological polar surface area (TPSA) is 68.0 Å². The van der Waals surface area contributed by atoms with Crippen LogP contribution < -0.4 is 11.1 Å². The predicted octanol–water partition coefficient (Wildman–Crippen LogP) is 3.19. The lowest BCUT2D eigenvalue weighted by molar-refractivity contribution is 0.102. The summed E-state index contributed by atoms with van der Waals surface area (Å²) in [4.78, 5) is 16.0. The van der Waals surface area contributed by atoms with Crippen molar-refractivity contribution in [1.29, 1.82) is 0 Å². The van der Waals surface area contributed by atoms with Crippen LogP contribution in [-0.2, 0) is 0 Å². The van der Waals surface area contributed by atoms with Gasteiger partial charge in [0.05, 0.1) is 5.02 Å². The van der Waals surface area contributed by atoms with Gasteiger partial charge in [0.15, 0.2) is 0 Å². The summed E-state index contributed by atoms with van der Waals surface area (Å²) in [6.45, 7) is 3.84. The highest BCUT2D eigenvalue weighted by atomic mass is 35.5. The Labute approximate surface area is 116 Å². The van der Waals surface area contributed by atoms with Gasteiger partial charge in [0.2, 0.25) is 0 Å². The molecule has 5 heteroatoms. The normalized spacial score (nSPS) is 10.3. The van der Waals surface area contributed by atoms with Gasteiger partial charge >= 0.3 is 0 Å². The monoisotopic (exact) mass is 275 g/mol. The lowest BCUT2D eigenvalue weighted by Crippen LogP contribution is -2.14. The summed E-state index contributed by atoms with van der Waals surface area (Å²) in [6.07, 6.45) is 1.44. The van der Waals surface area contributed by atoms with Crippen LogP contribution in [0.2, 0.25) is 5.02 Å². The van der Waals surface area contributed by atoms with Crippen molar-refractivity contribution in [2.24, 2.45) is 0 Å². The molecule has 1 aromatic carbocycles. The zero-order chi connectivity index (χ0) is 14.0. The number of halogens is 1. The molecule has 1 amide bonds. The predicted molar refractivity (Wildman–Crippen MR) is 77.5 cm³/mol. The van der Waals surface area contributed by atoms with Crippen molar-refractivity contribution in [3.05, 3.63) is 52.3 Å². The van der Waals surface area contributed by atoms with E-state index < -0.39 is 0 Å². The molecule has 0 aliphatic carbocycles. The maximum atomic E-state index is 12.0. The molecule has 19 heavy (non-hydrogen) atoms. The van der Waals surface area contributed by atoms with E-state index in [2.05, 4.69) is 10.3 Å². The first-order valence-electron chi connectivity index (χ1n) is 5.77. The summed E-state index contributed by atoms with van der Waals surface area (Å²) in [5, 5.41) is 3.28. The number of hydrogen-bond acceptors (Lipinski definition) is 3. The smallest absolute Gasteiger partial charge is 0.274 e. The zero-order valence-corrected chi connectivity index (χ0v) is 11.5. The number of nitrogen functional groups attached to an aromatic ring is 1. The summed E-state index contributed by atoms with van der Waals surface area (Å²) in [6, 6.07) is 6.88. The molecule has 1 heterocycles. The fourth-order valence-electron chi connectivity index (χ4n) is 1.70. The molecule has 0 spiro atoms. The highest BCUT2D eigenvalue weighted by molar-refractivity contribution is 6.30. The third-order valence-electron chi connectivity index (χ3n) is 2.82. The van der Waals surface area contributed by atoms with Crippen LogP contribution in [0.5, 0.6) is 0 Å². The Kier molecular flexibility index (Phi) is 3.71. The second-order valence-electron chi connectivity index (χ2n) is 4.34. The van der Waals surface area contributed by atoms with E-state index >= 15 is 0 Å². The number of nitrogens with zero attached hydrogens (tertiary/aromatic N) is 1. The third kappa shape index (κ3) is 3.03. The van der Waals surface area contributed by atoms with Crippen molar-refractivity contribution < 1.29 is 4.79 Å². The molecule has 0 aliphatic rings. The molecule has 98 valence electrons. The number of nitrogens with one attached hydrogen (secondary N) is 1. The number of pyridine rings is 1. The molecule has 2 rings (SSSR count). The van der Waals surface area contributed by atoms with Crippen molar-refractivity contribution in [2.75, 3.05) is 11.1 Å². The Morgan fingerprint density at radius 2 is 2.00 bits per heavy atom. The second-order valence-corrected chi connectivity index (χ2v) is 4.78. The lowest BCUT2D eigenvalue weighted by Gasteiger charge is -2.11. The van der Waals surface area contributed by atoms with Crippen molar-refractivity contribution in [2.45, 2.75) is 13.8 Å². The van der Waals surface area contributed by atoms with Gasteiger partial charge in [0.1, 0.15) is 5.69 Å². The Morgan fingerprint density at radius 3 is 2.63 bits per heavy atom. The summed E-state index contributed by atoms with van der Waals surface area (Å²) in [5.74, 6) is -0.289. The Hall–Kier alpha value is -2.07. The summed E-state index contributed by atoms with van der Waals surface area (Å²) in [5.41, 5.74) is 9.42. The number of nitrogens with two attached hydrogens (primary N) is 1. The standard InChI is InChI=1S/C14H14ClN3O/c1-8-5-9(2)13(6-11(8)16)18-14(19)12-4-3-10(15)7-17-12/h3-7H,16H2,1-2H3,(H,18,19). The van der Waals surface area contributed by atoms with E-state index in [1.165, 1.54) is 6.20 Å². The first-order chi connectivity index (χ1) is 8.97. The van der Waals surface area contributed by atoms with E-state index in [0.717, 1.165) is 11.1 Å². The van der Waals surface area contributed by atoms with Crippen LogP contribution in [0.4, 0.5) is 11.4 Å². The highest BCUT2D eigenvalue weighted by Crippen LogP contribution is 2.22. The number of aromatic nitrogens is 1. The molecule has 2 aromatic rings. The molecule has 0 saturated carbocycles. The van der Waals surface area contributed by atoms with Gasteiger partial charge in [-0.25, -0.2) is 4.98 Å². The number of hydrogen-bond donors (Lipinski definition) is 2. The first-order valence-corrected chi connectivity index (χ1v) is 6.15. The number of aryl methyl sites for hydroxylation is 2. The summed E-state index contributed by atoms with van der Waals surface area (Å²) >= 11 is 5.73. The molecule has 0 bridgehead atoms. The minimum absolute atomic E-state index is 0.289. The molecule has 0 aliphatic heterocycles. The van der Waals surface area contributed by atoms with E-state index in [1.54, 1.807) is 18.2 Å². The van der Waals surface area contributed by atoms with Crippen molar-refractivity contribution >= 4 is 28.9 Å². The van der Waals surface area contributed by atoms with Crippen LogP contribution in [0.3, 0.4) is 0 Å². The van der Waals surface area contributed by atoms with Crippen LogP contribution in [0, 0.1) is 13.8 Å². The largest absolute Gasteiger partial charge is 0.398 e. The van der Waals surface area contributed by atoms with E-state index in [4.69, 9.17) is 17.3 Å². The molecule has 3 N–H and O–H groups in total. The molecule has 0 unspecified atom stereocenters. The summed E-state index contributed by atoms with van der Waals surface area (Å²) in [7, 11) is 0. The van der Waals surface area contributed by atoms with Crippen LogP contribution in [0.15, 0.2) is 30.5 Å². The Bertz CT molecular complexity index is 623. The van der Waals surface area contributed by atoms with E-state index in [-0.39, 0.29) is 5.91 Å². The van der Waals surface area contributed by atoms with Gasteiger partial charge in [0.25, 0.3) is 5.91 Å². The van der Waals surface area contributed by atoms with Crippen LogP contribution in [0.25, 0.3) is 0 Å². The van der Waals surface area contributed by atoms with E-state index in [9.17, 15) is 4.79 Å². The van der Waals surface area contributed by atoms with Crippen LogP contribution >= 0.6 is 11.6 Å². The molecular weight excluding hydrogens is 262 g/mol. The molecular formula is C14H14ClN3O. The fraction of sp³-hybridized carbons (Fsp3) is 0.143. The van der Waals surface area contributed by atoms with Gasteiger partial charge in [0, 0.05) is 17.6 Å². The van der Waals surface area contributed by atoms with Gasteiger partial charge in [-0.05, 0) is 43.2 Å². The second kappa shape index (κ2) is 5.28. The minimum atomic E-state index is -0.289. The average Bonchev–Trinajstić information content (AvgIpc) is 2.36. The van der Waals surface area contributed by atoms with Crippen LogP contribution in [0.1, 0.15) is 21.6 Å². The fourth-order valence-corrected chi connectivity index (χ4v) is 1.81. The number of carbonyl (C=O) groups is 1.